The first-order valence-corrected chi connectivity index (χ1v) is 7.54. The number of carbonyl (C=O) groups is 2. The monoisotopic (exact) mass is 349 g/mol. The summed E-state index contributed by atoms with van der Waals surface area (Å²) in [6.45, 7) is 1.51. The van der Waals surface area contributed by atoms with Crippen molar-refractivity contribution < 1.29 is 23.8 Å². The molecule has 10 nitrogen and oxygen atoms in total. The normalized spacial score (nSPS) is 10.2. The molecule has 0 bridgehead atoms. The standard InChI is InChI=1S/C15H19N5O5/c1-4-5-9-6-10(20-19-9)14(22)25-8-11(21)16-15-17-12(23-2)7-13(18-15)24-3/h6-7H,4-5,8H2,1-3H3,(H,19,20)(H,16,17,18,21). The molecule has 2 aromatic rings. The number of aromatic amines is 1. The Balaban J connectivity index is 1.90. The molecule has 134 valence electrons. The van der Waals surface area contributed by atoms with Crippen molar-refractivity contribution in [2.24, 2.45) is 0 Å². The van der Waals surface area contributed by atoms with Crippen LogP contribution < -0.4 is 14.8 Å². The molecule has 2 aromatic heterocycles. The van der Waals surface area contributed by atoms with E-state index in [2.05, 4.69) is 25.5 Å². The molecule has 0 aliphatic rings. The summed E-state index contributed by atoms with van der Waals surface area (Å²) in [5.41, 5.74) is 0.950. The predicted molar refractivity (Wildman–Crippen MR) is 86.6 cm³/mol. The van der Waals surface area contributed by atoms with Gasteiger partial charge in [-0.2, -0.15) is 15.1 Å². The number of rotatable bonds is 8. The molecule has 0 aliphatic carbocycles. The van der Waals surface area contributed by atoms with Gasteiger partial charge in [0.1, 0.15) is 0 Å². The van der Waals surface area contributed by atoms with Gasteiger partial charge in [0.05, 0.1) is 20.3 Å². The zero-order valence-electron chi connectivity index (χ0n) is 14.2. The number of amides is 1. The maximum Gasteiger partial charge on any atom is 0.359 e. The number of nitrogens with one attached hydrogen (secondary N) is 2. The third-order valence-electron chi connectivity index (χ3n) is 3.04. The van der Waals surface area contributed by atoms with E-state index in [1.807, 2.05) is 6.92 Å². The lowest BCUT2D eigenvalue weighted by Gasteiger charge is -2.07. The van der Waals surface area contributed by atoms with Crippen LogP contribution in [0.1, 0.15) is 29.5 Å². The van der Waals surface area contributed by atoms with Crippen molar-refractivity contribution in [1.82, 2.24) is 20.2 Å². The van der Waals surface area contributed by atoms with E-state index in [-0.39, 0.29) is 23.4 Å². The van der Waals surface area contributed by atoms with Crippen molar-refractivity contribution in [2.75, 3.05) is 26.1 Å². The molecule has 0 aliphatic heterocycles. The molecule has 0 unspecified atom stereocenters. The molecule has 2 rings (SSSR count). The van der Waals surface area contributed by atoms with Crippen molar-refractivity contribution >= 4 is 17.8 Å². The van der Waals surface area contributed by atoms with Crippen LogP contribution in [0.2, 0.25) is 0 Å². The highest BCUT2D eigenvalue weighted by Gasteiger charge is 2.15. The van der Waals surface area contributed by atoms with E-state index in [0.717, 1.165) is 18.5 Å². The van der Waals surface area contributed by atoms with Crippen LogP contribution in [0.3, 0.4) is 0 Å². The van der Waals surface area contributed by atoms with E-state index in [4.69, 9.17) is 14.2 Å². The quantitative estimate of drug-likeness (QED) is 0.675. The van der Waals surface area contributed by atoms with Crippen LogP contribution in [0.5, 0.6) is 11.8 Å². The van der Waals surface area contributed by atoms with Crippen molar-refractivity contribution in [2.45, 2.75) is 19.8 Å². The number of carbonyl (C=O) groups excluding carboxylic acids is 2. The van der Waals surface area contributed by atoms with Crippen LogP contribution in [0, 0.1) is 0 Å². The second kappa shape index (κ2) is 8.62. The van der Waals surface area contributed by atoms with Gasteiger partial charge in [0.25, 0.3) is 5.91 Å². The lowest BCUT2D eigenvalue weighted by molar-refractivity contribution is -0.119. The molecule has 0 fully saturated rings. The van der Waals surface area contributed by atoms with Crippen LogP contribution in [-0.2, 0) is 16.0 Å². The Kier molecular flexibility index (Phi) is 6.26. The molecule has 1 amide bonds. The Morgan fingerprint density at radius 2 is 1.84 bits per heavy atom. The molecule has 25 heavy (non-hydrogen) atoms. The highest BCUT2D eigenvalue weighted by atomic mass is 16.5. The van der Waals surface area contributed by atoms with E-state index >= 15 is 0 Å². The SMILES string of the molecule is CCCc1cc(C(=O)OCC(=O)Nc2nc(OC)cc(OC)n2)n[nH]1. The molecule has 0 radical (unpaired) electrons. The largest absolute Gasteiger partial charge is 0.481 e. The highest BCUT2D eigenvalue weighted by Crippen LogP contribution is 2.17. The molecule has 0 saturated carbocycles. The molecule has 0 spiro atoms. The highest BCUT2D eigenvalue weighted by molar-refractivity contribution is 5.93. The van der Waals surface area contributed by atoms with Gasteiger partial charge < -0.3 is 14.2 Å². The fraction of sp³-hybridized carbons (Fsp3) is 0.400. The fourth-order valence-corrected chi connectivity index (χ4v) is 1.90. The van der Waals surface area contributed by atoms with Crippen LogP contribution in [0.4, 0.5) is 5.95 Å². The van der Waals surface area contributed by atoms with Gasteiger partial charge in [0.2, 0.25) is 17.7 Å². The lowest BCUT2D eigenvalue weighted by atomic mass is 10.2. The number of hydrogen-bond donors (Lipinski definition) is 2. The minimum Gasteiger partial charge on any atom is -0.481 e. The number of esters is 1. The zero-order chi connectivity index (χ0) is 18.2. The molecular weight excluding hydrogens is 330 g/mol. The maximum absolute atomic E-state index is 11.9. The predicted octanol–water partition coefficient (Wildman–Crippen LogP) is 0.965. The van der Waals surface area contributed by atoms with Gasteiger partial charge in [-0.1, -0.05) is 13.3 Å². The minimum absolute atomic E-state index is 0.0257. The van der Waals surface area contributed by atoms with E-state index < -0.39 is 18.5 Å². The second-order valence-corrected chi connectivity index (χ2v) is 4.93. The molecule has 0 aromatic carbocycles. The number of anilines is 1. The van der Waals surface area contributed by atoms with Crippen molar-refractivity contribution in [3.8, 4) is 11.8 Å². The second-order valence-electron chi connectivity index (χ2n) is 4.93. The molecule has 0 atom stereocenters. The molecule has 2 heterocycles. The Labute approximate surface area is 143 Å². The summed E-state index contributed by atoms with van der Waals surface area (Å²) in [4.78, 5) is 31.6. The van der Waals surface area contributed by atoms with Crippen molar-refractivity contribution in [3.05, 3.63) is 23.5 Å². The summed E-state index contributed by atoms with van der Waals surface area (Å²) in [6, 6.07) is 3.06. The van der Waals surface area contributed by atoms with Gasteiger partial charge in [0.15, 0.2) is 12.3 Å². The van der Waals surface area contributed by atoms with E-state index in [1.54, 1.807) is 6.07 Å². The average Bonchev–Trinajstić information content (AvgIpc) is 3.08. The Hall–Kier alpha value is -3.17. The summed E-state index contributed by atoms with van der Waals surface area (Å²) in [5.74, 6) is -0.883. The maximum atomic E-state index is 11.9. The van der Waals surface area contributed by atoms with Crippen molar-refractivity contribution in [3.63, 3.8) is 0 Å². The first-order valence-electron chi connectivity index (χ1n) is 7.54. The third kappa shape index (κ3) is 5.16. The number of ether oxygens (including phenoxy) is 3. The van der Waals surface area contributed by atoms with Gasteiger partial charge in [-0.25, -0.2) is 4.79 Å². The van der Waals surface area contributed by atoms with Crippen molar-refractivity contribution in [1.29, 1.82) is 0 Å². The number of aryl methyl sites for hydroxylation is 1. The number of H-pyrrole nitrogens is 1. The Morgan fingerprint density at radius 1 is 1.16 bits per heavy atom. The number of hydrogen-bond acceptors (Lipinski definition) is 8. The topological polar surface area (TPSA) is 128 Å². The first kappa shape index (κ1) is 18.2. The van der Waals surface area contributed by atoms with E-state index in [1.165, 1.54) is 20.3 Å². The number of methoxy groups -OCH3 is 2. The molecule has 0 saturated heterocycles. The zero-order valence-corrected chi connectivity index (χ0v) is 14.2. The summed E-state index contributed by atoms with van der Waals surface area (Å²) in [6.07, 6.45) is 1.69. The lowest BCUT2D eigenvalue weighted by Crippen LogP contribution is -2.22. The van der Waals surface area contributed by atoms with Gasteiger partial charge in [0, 0.05) is 5.69 Å². The van der Waals surface area contributed by atoms with Gasteiger partial charge in [-0.3, -0.25) is 15.2 Å². The number of aromatic nitrogens is 4. The fourth-order valence-electron chi connectivity index (χ4n) is 1.90. The summed E-state index contributed by atoms with van der Waals surface area (Å²) < 4.78 is 14.9. The van der Waals surface area contributed by atoms with Crippen LogP contribution >= 0.6 is 0 Å². The van der Waals surface area contributed by atoms with Gasteiger partial charge in [-0.05, 0) is 12.5 Å². The van der Waals surface area contributed by atoms with Crippen LogP contribution in [0.15, 0.2) is 12.1 Å². The molecule has 10 heteroatoms. The summed E-state index contributed by atoms with van der Waals surface area (Å²) in [7, 11) is 2.84. The summed E-state index contributed by atoms with van der Waals surface area (Å²) >= 11 is 0. The third-order valence-corrected chi connectivity index (χ3v) is 3.04. The Morgan fingerprint density at radius 3 is 2.44 bits per heavy atom. The Bertz CT molecular complexity index is 723. The smallest absolute Gasteiger partial charge is 0.359 e. The van der Waals surface area contributed by atoms with E-state index in [9.17, 15) is 9.59 Å². The molecule has 2 N–H and O–H groups in total. The summed E-state index contributed by atoms with van der Waals surface area (Å²) in [5, 5.41) is 8.99. The van der Waals surface area contributed by atoms with Gasteiger partial charge >= 0.3 is 5.97 Å². The first-order chi connectivity index (χ1) is 12.0. The van der Waals surface area contributed by atoms with E-state index in [0.29, 0.717) is 0 Å². The minimum atomic E-state index is -0.696. The molecular formula is C15H19N5O5. The van der Waals surface area contributed by atoms with Gasteiger partial charge in [-0.15, -0.1) is 0 Å². The number of nitrogens with zero attached hydrogens (tertiary/aromatic N) is 3. The average molecular weight is 349 g/mol. The van der Waals surface area contributed by atoms with Crippen LogP contribution in [0.25, 0.3) is 0 Å². The van der Waals surface area contributed by atoms with Crippen LogP contribution in [-0.4, -0.2) is 52.9 Å².